The first-order valence-corrected chi connectivity index (χ1v) is 13.9. The van der Waals surface area contributed by atoms with Crippen LogP contribution in [0.3, 0.4) is 0 Å². The van der Waals surface area contributed by atoms with Gasteiger partial charge < -0.3 is 15.4 Å². The zero-order valence-corrected chi connectivity index (χ0v) is 22.7. The molecular weight excluding hydrogens is 548 g/mol. The molecule has 1 aromatic heterocycles. The van der Waals surface area contributed by atoms with Crippen LogP contribution in [0.25, 0.3) is 0 Å². The average Bonchev–Trinajstić information content (AvgIpc) is 3.16. The lowest BCUT2D eigenvalue weighted by atomic mass is 9.86. The summed E-state index contributed by atoms with van der Waals surface area (Å²) >= 11 is 0. The third kappa shape index (κ3) is 6.97. The summed E-state index contributed by atoms with van der Waals surface area (Å²) in [6.45, 7) is 2.58. The largest absolute Gasteiger partial charge is 0.460 e. The number of halogens is 6. The second-order valence-corrected chi connectivity index (χ2v) is 10.8. The van der Waals surface area contributed by atoms with E-state index < -0.39 is 29.7 Å². The van der Waals surface area contributed by atoms with Crippen LogP contribution in [0.5, 0.6) is 6.01 Å². The molecule has 2 aliphatic heterocycles. The lowest BCUT2D eigenvalue weighted by molar-refractivity contribution is -0.137. The highest BCUT2D eigenvalue weighted by Gasteiger charge is 2.42. The van der Waals surface area contributed by atoms with Crippen molar-refractivity contribution in [2.24, 2.45) is 5.92 Å². The van der Waals surface area contributed by atoms with Crippen molar-refractivity contribution in [1.82, 2.24) is 20.2 Å². The number of nitrogens with one attached hydrogen (secondary N) is 2. The highest BCUT2D eigenvalue weighted by molar-refractivity contribution is 5.61. The first-order valence-electron chi connectivity index (χ1n) is 13.9. The van der Waals surface area contributed by atoms with E-state index >= 15 is 0 Å². The Labute approximate surface area is 234 Å². The van der Waals surface area contributed by atoms with Gasteiger partial charge in [0.1, 0.15) is 18.1 Å². The lowest BCUT2D eigenvalue weighted by Crippen LogP contribution is -2.50. The topological polar surface area (TPSA) is 62.3 Å². The fourth-order valence-electron chi connectivity index (χ4n) is 5.78. The van der Waals surface area contributed by atoms with E-state index in [1.165, 1.54) is 30.8 Å². The minimum absolute atomic E-state index is 0.132. The van der Waals surface area contributed by atoms with Gasteiger partial charge in [0.05, 0.1) is 16.8 Å². The van der Waals surface area contributed by atoms with Crippen LogP contribution < -0.4 is 15.4 Å². The second kappa shape index (κ2) is 11.9. The smallest absolute Gasteiger partial charge is 0.416 e. The number of nitrogens with zero attached hydrogens (tertiary/aromatic N) is 3. The Kier molecular flexibility index (Phi) is 8.49. The number of aromatic nitrogens is 2. The number of benzene rings is 1. The van der Waals surface area contributed by atoms with Crippen LogP contribution in [-0.2, 0) is 19.0 Å². The molecule has 6 nitrogen and oxygen atoms in total. The number of hydrogen-bond acceptors (Lipinski definition) is 6. The van der Waals surface area contributed by atoms with Crippen LogP contribution >= 0.6 is 0 Å². The molecule has 0 amide bonds. The molecule has 2 N–H and O–H groups in total. The molecule has 2 atom stereocenters. The van der Waals surface area contributed by atoms with Crippen LogP contribution in [0.4, 0.5) is 37.8 Å². The number of anilines is 2. The van der Waals surface area contributed by atoms with E-state index in [9.17, 15) is 26.3 Å². The zero-order chi connectivity index (χ0) is 29.2. The number of dihydropyridines is 1. The highest BCUT2D eigenvalue weighted by atomic mass is 19.4. The molecule has 1 saturated carbocycles. The molecule has 0 spiro atoms. The summed E-state index contributed by atoms with van der Waals surface area (Å²) in [6.07, 6.45) is 0.0377. The molecule has 1 aromatic carbocycles. The van der Waals surface area contributed by atoms with Gasteiger partial charge in [-0.25, -0.2) is 0 Å². The maximum atomic E-state index is 13.8. The van der Waals surface area contributed by atoms with E-state index in [0.29, 0.717) is 48.1 Å². The van der Waals surface area contributed by atoms with E-state index in [0.717, 1.165) is 43.9 Å². The summed E-state index contributed by atoms with van der Waals surface area (Å²) in [5, 5.41) is 5.96. The van der Waals surface area contributed by atoms with Crippen molar-refractivity contribution in [3.8, 4) is 6.01 Å². The minimum atomic E-state index is -4.49. The first kappa shape index (κ1) is 29.2. The molecular formula is C29H33F6N5O. The van der Waals surface area contributed by atoms with Gasteiger partial charge in [-0.15, -0.1) is 0 Å². The molecule has 3 aliphatic rings. The van der Waals surface area contributed by atoms with Gasteiger partial charge >= 0.3 is 18.4 Å². The molecule has 3 heterocycles. The van der Waals surface area contributed by atoms with E-state index in [2.05, 4.69) is 20.6 Å². The SMILES string of the molecule is CC(Oc1nc2c(c(Nc3ccc(C(F)(F)F)cc3)n1)CCN(C1NC=CC=C1C(F)(F)F)CC2)C1CCCCC1. The zero-order valence-electron chi connectivity index (χ0n) is 22.7. The van der Waals surface area contributed by atoms with Gasteiger partial charge in [-0.1, -0.05) is 19.3 Å². The van der Waals surface area contributed by atoms with Crippen LogP contribution in [0, 0.1) is 5.92 Å². The molecule has 0 saturated heterocycles. The van der Waals surface area contributed by atoms with Gasteiger partial charge in [0, 0.05) is 30.8 Å². The predicted molar refractivity (Wildman–Crippen MR) is 143 cm³/mol. The standard InChI is InChI=1S/C29H33F6N5O/c1-18(19-6-3-2-4-7-19)41-27-38-24-14-17-40(26-23(29(33,34)35)8-5-15-36-26)16-13-22(24)25(39-27)37-21-11-9-20(10-12-21)28(30,31)32/h5,8-12,15,18-19,26,36H,2-4,6-7,13-14,16-17H2,1H3,(H,37,38,39). The monoisotopic (exact) mass is 581 g/mol. The summed E-state index contributed by atoms with van der Waals surface area (Å²) in [4.78, 5) is 11.0. The summed E-state index contributed by atoms with van der Waals surface area (Å²) in [5.41, 5.74) is 0.298. The quantitative estimate of drug-likeness (QED) is 0.361. The Hall–Kier alpha value is -3.28. The Bertz CT molecular complexity index is 1270. The van der Waals surface area contributed by atoms with Crippen LogP contribution in [0.2, 0.25) is 0 Å². The normalized spacial score (nSPS) is 21.3. The number of alkyl halides is 6. The molecule has 2 unspecified atom stereocenters. The predicted octanol–water partition coefficient (Wildman–Crippen LogP) is 6.92. The van der Waals surface area contributed by atoms with E-state index in [1.54, 1.807) is 4.90 Å². The number of fused-ring (bicyclic) bond motifs is 1. The van der Waals surface area contributed by atoms with E-state index in [4.69, 9.17) is 4.74 Å². The maximum Gasteiger partial charge on any atom is 0.416 e. The van der Waals surface area contributed by atoms with Crippen molar-refractivity contribution in [2.45, 2.75) is 76.5 Å². The van der Waals surface area contributed by atoms with Crippen LogP contribution in [-0.4, -0.2) is 46.4 Å². The molecule has 2 aromatic rings. The molecule has 0 radical (unpaired) electrons. The van der Waals surface area contributed by atoms with Crippen molar-refractivity contribution >= 4 is 11.5 Å². The number of ether oxygens (including phenoxy) is 1. The number of rotatable bonds is 6. The fourth-order valence-corrected chi connectivity index (χ4v) is 5.78. The van der Waals surface area contributed by atoms with Gasteiger partial charge in [-0.05, 0) is 74.7 Å². The highest BCUT2D eigenvalue weighted by Crippen LogP contribution is 2.35. The molecule has 0 bridgehead atoms. The minimum Gasteiger partial charge on any atom is -0.460 e. The number of allylic oxidation sites excluding steroid dienone is 2. The van der Waals surface area contributed by atoms with Crippen LogP contribution in [0.15, 0.2) is 48.2 Å². The van der Waals surface area contributed by atoms with E-state index in [1.807, 2.05) is 6.92 Å². The third-order valence-corrected chi connectivity index (χ3v) is 8.05. The van der Waals surface area contributed by atoms with Crippen molar-refractivity contribution in [3.63, 3.8) is 0 Å². The molecule has 222 valence electrons. The van der Waals surface area contributed by atoms with Gasteiger partial charge in [0.25, 0.3) is 0 Å². The van der Waals surface area contributed by atoms with Crippen LogP contribution in [0.1, 0.15) is 55.8 Å². The molecule has 41 heavy (non-hydrogen) atoms. The molecule has 1 aliphatic carbocycles. The Morgan fingerprint density at radius 3 is 2.34 bits per heavy atom. The fraction of sp³-hybridized carbons (Fsp3) is 0.517. The molecule has 5 rings (SSSR count). The summed E-state index contributed by atoms with van der Waals surface area (Å²) in [6, 6.07) is 4.77. The summed E-state index contributed by atoms with van der Waals surface area (Å²) in [7, 11) is 0. The Morgan fingerprint density at radius 2 is 1.66 bits per heavy atom. The van der Waals surface area contributed by atoms with Gasteiger partial charge in [0.2, 0.25) is 0 Å². The molecule has 1 fully saturated rings. The van der Waals surface area contributed by atoms with Crippen molar-refractivity contribution in [2.75, 3.05) is 18.4 Å². The average molecular weight is 582 g/mol. The number of hydrogen-bond donors (Lipinski definition) is 2. The van der Waals surface area contributed by atoms with Gasteiger partial charge in [0.15, 0.2) is 0 Å². The summed E-state index contributed by atoms with van der Waals surface area (Å²) in [5.74, 6) is 0.747. The van der Waals surface area contributed by atoms with Crippen molar-refractivity contribution < 1.29 is 31.1 Å². The molecule has 12 heteroatoms. The van der Waals surface area contributed by atoms with E-state index in [-0.39, 0.29) is 18.7 Å². The second-order valence-electron chi connectivity index (χ2n) is 10.8. The Morgan fingerprint density at radius 1 is 0.951 bits per heavy atom. The lowest BCUT2D eigenvalue weighted by Gasteiger charge is -2.34. The maximum absolute atomic E-state index is 13.8. The van der Waals surface area contributed by atoms with Gasteiger partial charge in [-0.2, -0.15) is 36.3 Å². The van der Waals surface area contributed by atoms with Crippen molar-refractivity contribution in [3.05, 3.63) is 65.0 Å². The van der Waals surface area contributed by atoms with Crippen molar-refractivity contribution in [1.29, 1.82) is 0 Å². The third-order valence-electron chi connectivity index (χ3n) is 8.05. The first-order chi connectivity index (χ1) is 19.5. The van der Waals surface area contributed by atoms with Gasteiger partial charge in [-0.3, -0.25) is 4.90 Å². The Balaban J connectivity index is 1.42. The summed E-state index contributed by atoms with van der Waals surface area (Å²) < 4.78 is 86.8.